The standard InChI is InChI=1S/C15H22/c1-11(2)14-10-15(3,4)9-12-7-5-6-8-13(12)14/h5-8,11,14H,9-10H2,1-4H3. The molecular weight excluding hydrogens is 180 g/mol. The zero-order chi connectivity index (χ0) is 11.1. The molecular formula is C15H22. The van der Waals surface area contributed by atoms with Gasteiger partial charge in [0.25, 0.3) is 0 Å². The van der Waals surface area contributed by atoms with E-state index in [0.717, 1.165) is 11.8 Å². The fourth-order valence-corrected chi connectivity index (χ4v) is 2.94. The van der Waals surface area contributed by atoms with Gasteiger partial charge in [-0.25, -0.2) is 0 Å². The lowest BCUT2D eigenvalue weighted by Gasteiger charge is -2.39. The highest BCUT2D eigenvalue weighted by Gasteiger charge is 2.32. The Balaban J connectivity index is 2.43. The molecule has 1 atom stereocenters. The number of rotatable bonds is 1. The maximum Gasteiger partial charge on any atom is -0.0131 e. The Kier molecular flexibility index (Phi) is 2.62. The Bertz CT molecular complexity index is 347. The van der Waals surface area contributed by atoms with Crippen LogP contribution in [0.4, 0.5) is 0 Å². The molecule has 1 unspecified atom stereocenters. The predicted molar refractivity (Wildman–Crippen MR) is 66.1 cm³/mol. The van der Waals surface area contributed by atoms with Crippen molar-refractivity contribution in [2.24, 2.45) is 11.3 Å². The zero-order valence-electron chi connectivity index (χ0n) is 10.4. The van der Waals surface area contributed by atoms with Crippen LogP contribution < -0.4 is 0 Å². The summed E-state index contributed by atoms with van der Waals surface area (Å²) in [5.41, 5.74) is 3.66. The van der Waals surface area contributed by atoms with Crippen LogP contribution in [-0.2, 0) is 6.42 Å². The molecule has 0 fully saturated rings. The van der Waals surface area contributed by atoms with Gasteiger partial charge in [0, 0.05) is 0 Å². The van der Waals surface area contributed by atoms with Crippen LogP contribution in [0.3, 0.4) is 0 Å². The Morgan fingerprint density at radius 1 is 1.20 bits per heavy atom. The quantitative estimate of drug-likeness (QED) is 0.633. The van der Waals surface area contributed by atoms with Gasteiger partial charge in [0.15, 0.2) is 0 Å². The fraction of sp³-hybridized carbons (Fsp3) is 0.600. The summed E-state index contributed by atoms with van der Waals surface area (Å²) in [6, 6.07) is 9.00. The van der Waals surface area contributed by atoms with Gasteiger partial charge in [-0.3, -0.25) is 0 Å². The van der Waals surface area contributed by atoms with Crippen LogP contribution in [0.5, 0.6) is 0 Å². The van der Waals surface area contributed by atoms with E-state index in [4.69, 9.17) is 0 Å². The summed E-state index contributed by atoms with van der Waals surface area (Å²) in [5, 5.41) is 0. The molecule has 82 valence electrons. The number of hydrogen-bond acceptors (Lipinski definition) is 0. The van der Waals surface area contributed by atoms with Crippen molar-refractivity contribution in [1.29, 1.82) is 0 Å². The van der Waals surface area contributed by atoms with E-state index in [1.54, 1.807) is 11.1 Å². The molecule has 1 aromatic carbocycles. The normalized spacial score (nSPS) is 23.9. The minimum absolute atomic E-state index is 0.475. The maximum atomic E-state index is 2.40. The Morgan fingerprint density at radius 3 is 2.53 bits per heavy atom. The molecule has 0 aromatic heterocycles. The smallest absolute Gasteiger partial charge is 0.0131 e. The second-order valence-corrected chi connectivity index (χ2v) is 6.09. The molecule has 1 aliphatic rings. The molecule has 0 saturated carbocycles. The number of hydrogen-bond donors (Lipinski definition) is 0. The van der Waals surface area contributed by atoms with Crippen molar-refractivity contribution >= 4 is 0 Å². The fourth-order valence-electron chi connectivity index (χ4n) is 2.94. The van der Waals surface area contributed by atoms with Crippen LogP contribution >= 0.6 is 0 Å². The summed E-state index contributed by atoms with van der Waals surface area (Å²) >= 11 is 0. The van der Waals surface area contributed by atoms with Crippen molar-refractivity contribution in [1.82, 2.24) is 0 Å². The van der Waals surface area contributed by atoms with E-state index in [1.165, 1.54) is 12.8 Å². The molecule has 0 heteroatoms. The van der Waals surface area contributed by atoms with Crippen molar-refractivity contribution in [3.63, 3.8) is 0 Å². The van der Waals surface area contributed by atoms with Crippen LogP contribution in [0, 0.1) is 11.3 Å². The topological polar surface area (TPSA) is 0 Å². The molecule has 15 heavy (non-hydrogen) atoms. The van der Waals surface area contributed by atoms with Crippen molar-refractivity contribution in [3.05, 3.63) is 35.4 Å². The number of benzene rings is 1. The molecule has 0 amide bonds. The van der Waals surface area contributed by atoms with Crippen molar-refractivity contribution in [3.8, 4) is 0 Å². The summed E-state index contributed by atoms with van der Waals surface area (Å²) in [5.74, 6) is 1.51. The highest BCUT2D eigenvalue weighted by atomic mass is 14.4. The lowest BCUT2D eigenvalue weighted by molar-refractivity contribution is 0.250. The molecule has 0 bridgehead atoms. The highest BCUT2D eigenvalue weighted by Crippen LogP contribution is 2.44. The lowest BCUT2D eigenvalue weighted by Crippen LogP contribution is -2.27. The van der Waals surface area contributed by atoms with Crippen LogP contribution in [0.2, 0.25) is 0 Å². The van der Waals surface area contributed by atoms with Gasteiger partial charge in [0.05, 0.1) is 0 Å². The van der Waals surface area contributed by atoms with Gasteiger partial charge in [-0.15, -0.1) is 0 Å². The first-order valence-electron chi connectivity index (χ1n) is 6.07. The van der Waals surface area contributed by atoms with Gasteiger partial charge >= 0.3 is 0 Å². The summed E-state index contributed by atoms with van der Waals surface area (Å²) < 4.78 is 0. The summed E-state index contributed by atoms with van der Waals surface area (Å²) in [4.78, 5) is 0. The third-order valence-corrected chi connectivity index (χ3v) is 3.70. The molecule has 0 nitrogen and oxygen atoms in total. The van der Waals surface area contributed by atoms with Crippen molar-refractivity contribution in [2.75, 3.05) is 0 Å². The van der Waals surface area contributed by atoms with Crippen molar-refractivity contribution < 1.29 is 0 Å². The largest absolute Gasteiger partial charge is 0.0622 e. The number of fused-ring (bicyclic) bond motifs is 1. The molecule has 0 aliphatic heterocycles. The van der Waals surface area contributed by atoms with E-state index < -0.39 is 0 Å². The molecule has 0 N–H and O–H groups in total. The summed E-state index contributed by atoms with van der Waals surface area (Å²) in [7, 11) is 0. The lowest BCUT2D eigenvalue weighted by atomic mass is 9.66. The first-order valence-corrected chi connectivity index (χ1v) is 6.07. The van der Waals surface area contributed by atoms with Crippen LogP contribution in [0.15, 0.2) is 24.3 Å². The van der Waals surface area contributed by atoms with Crippen molar-refractivity contribution in [2.45, 2.75) is 46.5 Å². The molecule has 1 aromatic rings. The third-order valence-electron chi connectivity index (χ3n) is 3.70. The molecule has 0 heterocycles. The second kappa shape index (κ2) is 3.66. The van der Waals surface area contributed by atoms with Crippen LogP contribution in [0.1, 0.15) is 51.2 Å². The predicted octanol–water partition coefficient (Wildman–Crippen LogP) is 4.40. The zero-order valence-corrected chi connectivity index (χ0v) is 10.4. The van der Waals surface area contributed by atoms with Gasteiger partial charge in [-0.2, -0.15) is 0 Å². The van der Waals surface area contributed by atoms with Crippen LogP contribution in [-0.4, -0.2) is 0 Å². The Hall–Kier alpha value is -0.780. The highest BCUT2D eigenvalue weighted by molar-refractivity contribution is 5.34. The second-order valence-electron chi connectivity index (χ2n) is 6.09. The van der Waals surface area contributed by atoms with E-state index in [2.05, 4.69) is 52.0 Å². The van der Waals surface area contributed by atoms with Gasteiger partial charge in [-0.05, 0) is 41.2 Å². The van der Waals surface area contributed by atoms with Crippen LogP contribution in [0.25, 0.3) is 0 Å². The van der Waals surface area contributed by atoms with E-state index in [0.29, 0.717) is 5.41 Å². The third kappa shape index (κ3) is 2.09. The monoisotopic (exact) mass is 202 g/mol. The summed E-state index contributed by atoms with van der Waals surface area (Å²) in [6.45, 7) is 9.50. The minimum atomic E-state index is 0.475. The average molecular weight is 202 g/mol. The van der Waals surface area contributed by atoms with E-state index in [-0.39, 0.29) is 0 Å². The van der Waals surface area contributed by atoms with E-state index >= 15 is 0 Å². The molecule has 1 aliphatic carbocycles. The Labute approximate surface area is 93.7 Å². The molecule has 0 saturated heterocycles. The first-order chi connectivity index (χ1) is 6.99. The van der Waals surface area contributed by atoms with Gasteiger partial charge in [0.1, 0.15) is 0 Å². The van der Waals surface area contributed by atoms with E-state index in [9.17, 15) is 0 Å². The summed E-state index contributed by atoms with van der Waals surface area (Å²) in [6.07, 6.45) is 2.58. The maximum absolute atomic E-state index is 2.40. The van der Waals surface area contributed by atoms with E-state index in [1.807, 2.05) is 0 Å². The van der Waals surface area contributed by atoms with Gasteiger partial charge in [0.2, 0.25) is 0 Å². The molecule has 0 radical (unpaired) electrons. The minimum Gasteiger partial charge on any atom is -0.0622 e. The average Bonchev–Trinajstić information content (AvgIpc) is 2.14. The van der Waals surface area contributed by atoms with Gasteiger partial charge < -0.3 is 0 Å². The van der Waals surface area contributed by atoms with Gasteiger partial charge in [-0.1, -0.05) is 52.0 Å². The first kappa shape index (κ1) is 10.7. The molecule has 0 spiro atoms. The SMILES string of the molecule is CC(C)C1CC(C)(C)Cc2ccccc21. The molecule has 2 rings (SSSR count). The Morgan fingerprint density at radius 2 is 1.87 bits per heavy atom.